The number of likely N-dealkylation sites (N-methyl/N-ethyl adjacent to an activating group) is 1. The number of nitrogens with zero attached hydrogens (tertiary/aromatic N) is 1. The van der Waals surface area contributed by atoms with Gasteiger partial charge in [-0.1, -0.05) is 6.07 Å². The molecule has 0 fully saturated rings. The zero-order chi connectivity index (χ0) is 16.0. The van der Waals surface area contributed by atoms with Crippen molar-refractivity contribution in [1.29, 1.82) is 0 Å². The maximum Gasteiger partial charge on any atom is 0.263 e. The summed E-state index contributed by atoms with van der Waals surface area (Å²) >= 11 is 0. The molecule has 1 rings (SSSR count). The molecule has 2 N–H and O–H groups in total. The molecule has 0 heterocycles. The summed E-state index contributed by atoms with van der Waals surface area (Å²) in [6, 6.07) is 5.44. The number of benzene rings is 1. The van der Waals surface area contributed by atoms with Crippen molar-refractivity contribution in [1.82, 2.24) is 4.90 Å². The summed E-state index contributed by atoms with van der Waals surface area (Å²) in [7, 11) is 1.57. The third-order valence-electron chi connectivity index (χ3n) is 3.44. The van der Waals surface area contributed by atoms with Gasteiger partial charge < -0.3 is 20.1 Å². The molecule has 1 amide bonds. The predicted octanol–water partition coefficient (Wildman–Crippen LogP) is 2.35. The molecule has 1 unspecified atom stereocenters. The molecule has 2 atom stereocenters. The highest BCUT2D eigenvalue weighted by Crippen LogP contribution is 2.30. The molecule has 0 saturated carbocycles. The highest BCUT2D eigenvalue weighted by molar-refractivity contribution is 5.80. The molecule has 21 heavy (non-hydrogen) atoms. The van der Waals surface area contributed by atoms with Crippen molar-refractivity contribution < 1.29 is 14.3 Å². The van der Waals surface area contributed by atoms with E-state index in [1.54, 1.807) is 25.0 Å². The third kappa shape index (κ3) is 4.36. The molecule has 0 aromatic heterocycles. The molecule has 5 nitrogen and oxygen atoms in total. The van der Waals surface area contributed by atoms with Crippen LogP contribution in [0.4, 0.5) is 0 Å². The van der Waals surface area contributed by atoms with Gasteiger partial charge in [-0.15, -0.1) is 0 Å². The summed E-state index contributed by atoms with van der Waals surface area (Å²) in [5.74, 6) is 1.11. The first kappa shape index (κ1) is 17.3. The minimum Gasteiger partial charge on any atom is -0.493 e. The smallest absolute Gasteiger partial charge is 0.263 e. The molecule has 118 valence electrons. The second-order valence-corrected chi connectivity index (χ2v) is 4.97. The van der Waals surface area contributed by atoms with Gasteiger partial charge in [-0.2, -0.15) is 0 Å². The quantitative estimate of drug-likeness (QED) is 0.838. The maximum atomic E-state index is 12.2. The minimum atomic E-state index is -0.556. The Labute approximate surface area is 127 Å². The molecule has 0 saturated heterocycles. The van der Waals surface area contributed by atoms with Gasteiger partial charge >= 0.3 is 0 Å². The topological polar surface area (TPSA) is 64.8 Å². The van der Waals surface area contributed by atoms with Gasteiger partial charge in [-0.3, -0.25) is 4.79 Å². The van der Waals surface area contributed by atoms with Gasteiger partial charge in [0.2, 0.25) is 0 Å². The number of carbonyl (C=O) groups is 1. The molecular weight excluding hydrogens is 268 g/mol. The van der Waals surface area contributed by atoms with Crippen LogP contribution in [0.15, 0.2) is 18.2 Å². The summed E-state index contributed by atoms with van der Waals surface area (Å²) in [6.45, 7) is 8.90. The summed E-state index contributed by atoms with van der Waals surface area (Å²) in [4.78, 5) is 14.0. The first-order chi connectivity index (χ1) is 9.94. The van der Waals surface area contributed by atoms with Crippen molar-refractivity contribution in [3.8, 4) is 11.5 Å². The fourth-order valence-corrected chi connectivity index (χ4v) is 2.10. The predicted molar refractivity (Wildman–Crippen MR) is 83.6 cm³/mol. The Bertz CT molecular complexity index is 471. The summed E-state index contributed by atoms with van der Waals surface area (Å²) in [5.41, 5.74) is 6.82. The Morgan fingerprint density at radius 1 is 1.24 bits per heavy atom. The number of rotatable bonds is 7. The van der Waals surface area contributed by atoms with Crippen molar-refractivity contribution in [3.63, 3.8) is 0 Å². The monoisotopic (exact) mass is 294 g/mol. The standard InChI is InChI=1S/C16H26N2O3/c1-6-18(7-2)16(19)12(4)21-14-9-8-13(11(3)17)10-15(14)20-5/h8-12H,6-7,17H2,1-5H3/t11-,12?/m1/s1. The Morgan fingerprint density at radius 2 is 1.86 bits per heavy atom. The highest BCUT2D eigenvalue weighted by atomic mass is 16.5. The summed E-state index contributed by atoms with van der Waals surface area (Å²) < 4.78 is 11.1. The fourth-order valence-electron chi connectivity index (χ4n) is 2.10. The molecule has 1 aromatic carbocycles. The van der Waals surface area contributed by atoms with Gasteiger partial charge in [0, 0.05) is 19.1 Å². The number of hydrogen-bond donors (Lipinski definition) is 1. The fraction of sp³-hybridized carbons (Fsp3) is 0.562. The van der Waals surface area contributed by atoms with E-state index < -0.39 is 6.10 Å². The van der Waals surface area contributed by atoms with E-state index in [9.17, 15) is 4.79 Å². The second kappa shape index (κ2) is 7.88. The third-order valence-corrected chi connectivity index (χ3v) is 3.44. The SMILES string of the molecule is CCN(CC)C(=O)C(C)Oc1ccc([C@@H](C)N)cc1OC. The van der Waals surface area contributed by atoms with E-state index in [1.807, 2.05) is 32.9 Å². The maximum absolute atomic E-state index is 12.2. The zero-order valence-corrected chi connectivity index (χ0v) is 13.6. The number of carbonyl (C=O) groups excluding carboxylic acids is 1. The van der Waals surface area contributed by atoms with E-state index in [0.29, 0.717) is 24.6 Å². The van der Waals surface area contributed by atoms with Crippen LogP contribution in [0, 0.1) is 0 Å². The summed E-state index contributed by atoms with van der Waals surface area (Å²) in [6.07, 6.45) is -0.556. The van der Waals surface area contributed by atoms with Crippen LogP contribution in [-0.2, 0) is 4.79 Å². The Kier molecular flexibility index (Phi) is 6.49. The second-order valence-electron chi connectivity index (χ2n) is 4.97. The average Bonchev–Trinajstić information content (AvgIpc) is 2.48. The number of amides is 1. The first-order valence-corrected chi connectivity index (χ1v) is 7.33. The molecule has 0 aliphatic heterocycles. The van der Waals surface area contributed by atoms with Gasteiger partial charge in [-0.25, -0.2) is 0 Å². The average molecular weight is 294 g/mol. The van der Waals surface area contributed by atoms with E-state index in [4.69, 9.17) is 15.2 Å². The van der Waals surface area contributed by atoms with Crippen molar-refractivity contribution in [2.24, 2.45) is 5.73 Å². The van der Waals surface area contributed by atoms with Crippen molar-refractivity contribution in [2.45, 2.75) is 39.8 Å². The van der Waals surface area contributed by atoms with E-state index in [1.165, 1.54) is 0 Å². The zero-order valence-electron chi connectivity index (χ0n) is 13.6. The Hall–Kier alpha value is -1.75. The van der Waals surface area contributed by atoms with E-state index in [0.717, 1.165) is 5.56 Å². The van der Waals surface area contributed by atoms with Crippen molar-refractivity contribution in [2.75, 3.05) is 20.2 Å². The number of nitrogens with two attached hydrogens (primary N) is 1. The molecule has 0 spiro atoms. The molecule has 0 aliphatic carbocycles. The van der Waals surface area contributed by atoms with Gasteiger partial charge in [-0.05, 0) is 45.4 Å². The van der Waals surface area contributed by atoms with Crippen LogP contribution in [0.1, 0.15) is 39.3 Å². The molecule has 0 radical (unpaired) electrons. The largest absolute Gasteiger partial charge is 0.493 e. The van der Waals surface area contributed by atoms with Crippen LogP contribution in [0.3, 0.4) is 0 Å². The molecule has 1 aromatic rings. The van der Waals surface area contributed by atoms with Crippen LogP contribution in [0.25, 0.3) is 0 Å². The van der Waals surface area contributed by atoms with Gasteiger partial charge in [0.1, 0.15) is 0 Å². The Balaban J connectivity index is 2.89. The van der Waals surface area contributed by atoms with Crippen molar-refractivity contribution in [3.05, 3.63) is 23.8 Å². The minimum absolute atomic E-state index is 0.0293. The lowest BCUT2D eigenvalue weighted by Crippen LogP contribution is -2.40. The van der Waals surface area contributed by atoms with E-state index in [-0.39, 0.29) is 11.9 Å². The molecule has 5 heteroatoms. The van der Waals surface area contributed by atoms with Crippen LogP contribution in [-0.4, -0.2) is 37.1 Å². The van der Waals surface area contributed by atoms with E-state index in [2.05, 4.69) is 0 Å². The van der Waals surface area contributed by atoms with Crippen LogP contribution in [0.2, 0.25) is 0 Å². The molecular formula is C16H26N2O3. The lowest BCUT2D eigenvalue weighted by Gasteiger charge is -2.24. The van der Waals surface area contributed by atoms with Crippen LogP contribution >= 0.6 is 0 Å². The normalized spacial score (nSPS) is 13.4. The highest BCUT2D eigenvalue weighted by Gasteiger charge is 2.21. The van der Waals surface area contributed by atoms with Crippen LogP contribution < -0.4 is 15.2 Å². The molecule has 0 aliphatic rings. The van der Waals surface area contributed by atoms with Gasteiger partial charge in [0.15, 0.2) is 17.6 Å². The number of methoxy groups -OCH3 is 1. The molecule has 0 bridgehead atoms. The number of hydrogen-bond acceptors (Lipinski definition) is 4. The van der Waals surface area contributed by atoms with Gasteiger partial charge in [0.25, 0.3) is 5.91 Å². The lowest BCUT2D eigenvalue weighted by molar-refractivity contribution is -0.137. The lowest BCUT2D eigenvalue weighted by atomic mass is 10.1. The summed E-state index contributed by atoms with van der Waals surface area (Å²) in [5, 5.41) is 0. The van der Waals surface area contributed by atoms with Crippen LogP contribution in [0.5, 0.6) is 11.5 Å². The first-order valence-electron chi connectivity index (χ1n) is 7.33. The van der Waals surface area contributed by atoms with Crippen molar-refractivity contribution >= 4 is 5.91 Å². The van der Waals surface area contributed by atoms with Gasteiger partial charge in [0.05, 0.1) is 7.11 Å². The number of ether oxygens (including phenoxy) is 2. The Morgan fingerprint density at radius 3 is 2.33 bits per heavy atom. The van der Waals surface area contributed by atoms with E-state index >= 15 is 0 Å².